The molecule has 0 amide bonds. The van der Waals surface area contributed by atoms with Crippen molar-refractivity contribution in [2.75, 3.05) is 0 Å². The van der Waals surface area contributed by atoms with Crippen LogP contribution in [0.15, 0.2) is 4.52 Å². The molecule has 0 aromatic carbocycles. The quantitative estimate of drug-likeness (QED) is 0.839. The first-order chi connectivity index (χ1) is 8.60. The van der Waals surface area contributed by atoms with Crippen molar-refractivity contribution in [3.05, 3.63) is 17.0 Å². The van der Waals surface area contributed by atoms with E-state index in [2.05, 4.69) is 39.0 Å². The second kappa shape index (κ2) is 5.46. The van der Waals surface area contributed by atoms with Gasteiger partial charge in [-0.25, -0.2) is 4.79 Å². The molecule has 6 heteroatoms. The summed E-state index contributed by atoms with van der Waals surface area (Å²) in [4.78, 5) is 11.0. The fourth-order valence-corrected chi connectivity index (χ4v) is 2.38. The molecule has 0 radical (unpaired) electrons. The second-order valence-corrected chi connectivity index (χ2v) is 10.9. The van der Waals surface area contributed by atoms with Crippen LogP contribution in [0.5, 0.6) is 0 Å². The Labute approximate surface area is 115 Å². The zero-order valence-electron chi connectivity index (χ0n) is 12.5. The van der Waals surface area contributed by atoms with Crippen molar-refractivity contribution in [2.45, 2.75) is 58.9 Å². The molecular formula is C13H23NO4Si. The fourth-order valence-electron chi connectivity index (χ4n) is 1.45. The molecule has 1 rings (SSSR count). The maximum absolute atomic E-state index is 11.0. The molecule has 0 saturated carbocycles. The van der Waals surface area contributed by atoms with Gasteiger partial charge in [-0.15, -0.1) is 0 Å². The molecule has 0 atom stereocenters. The molecule has 1 aromatic heterocycles. The predicted molar refractivity (Wildman–Crippen MR) is 74.8 cm³/mol. The molecule has 0 bridgehead atoms. The molecule has 0 aliphatic heterocycles. The van der Waals surface area contributed by atoms with Crippen molar-refractivity contribution < 1.29 is 18.9 Å². The van der Waals surface area contributed by atoms with E-state index in [1.807, 2.05) is 6.92 Å². The fraction of sp³-hybridized carbons (Fsp3) is 0.692. The molecule has 1 N–H and O–H groups in total. The van der Waals surface area contributed by atoms with E-state index in [4.69, 9.17) is 14.1 Å². The van der Waals surface area contributed by atoms with E-state index in [0.717, 1.165) is 0 Å². The summed E-state index contributed by atoms with van der Waals surface area (Å²) in [6.07, 6.45) is 0.571. The van der Waals surface area contributed by atoms with Gasteiger partial charge in [0.1, 0.15) is 0 Å². The van der Waals surface area contributed by atoms with Gasteiger partial charge >= 0.3 is 5.97 Å². The molecule has 0 aliphatic carbocycles. The molecule has 0 aliphatic rings. The molecule has 0 unspecified atom stereocenters. The number of carboxylic acid groups (broad SMARTS) is 1. The van der Waals surface area contributed by atoms with Gasteiger partial charge in [0.2, 0.25) is 0 Å². The van der Waals surface area contributed by atoms with Gasteiger partial charge in [-0.3, -0.25) is 0 Å². The van der Waals surface area contributed by atoms with Crippen LogP contribution in [0.2, 0.25) is 18.1 Å². The topological polar surface area (TPSA) is 72.6 Å². The third-order valence-corrected chi connectivity index (χ3v) is 8.27. The zero-order chi connectivity index (χ0) is 14.8. The third-order valence-electron chi connectivity index (χ3n) is 3.80. The molecule has 1 aromatic rings. The minimum Gasteiger partial charge on any atom is -0.476 e. The van der Waals surface area contributed by atoms with Crippen molar-refractivity contribution in [2.24, 2.45) is 0 Å². The van der Waals surface area contributed by atoms with E-state index in [1.165, 1.54) is 0 Å². The number of carbonyl (C=O) groups is 1. The Morgan fingerprint density at radius 2 is 2.00 bits per heavy atom. The number of hydrogen-bond donors (Lipinski definition) is 1. The number of carboxylic acids is 1. The Bertz CT molecular complexity index is 460. The van der Waals surface area contributed by atoms with E-state index in [0.29, 0.717) is 24.4 Å². The summed E-state index contributed by atoms with van der Waals surface area (Å²) >= 11 is 0. The Hall–Kier alpha value is -1.14. The van der Waals surface area contributed by atoms with E-state index >= 15 is 0 Å². The summed E-state index contributed by atoms with van der Waals surface area (Å²) in [7, 11) is -1.88. The van der Waals surface area contributed by atoms with Crippen LogP contribution < -0.4 is 0 Å². The zero-order valence-corrected chi connectivity index (χ0v) is 13.5. The van der Waals surface area contributed by atoms with Crippen LogP contribution in [0.25, 0.3) is 0 Å². The van der Waals surface area contributed by atoms with E-state index in [1.54, 1.807) is 0 Å². The van der Waals surface area contributed by atoms with Gasteiger partial charge in [-0.2, -0.15) is 0 Å². The standard InChI is InChI=1S/C13H23NO4Si/c1-7-9-10(18-14-11(9)12(15)16)8-17-19(5,6)13(2,3)4/h7-8H2,1-6H3,(H,15,16). The van der Waals surface area contributed by atoms with Crippen molar-refractivity contribution in [3.8, 4) is 0 Å². The van der Waals surface area contributed by atoms with E-state index < -0.39 is 14.3 Å². The maximum Gasteiger partial charge on any atom is 0.358 e. The monoisotopic (exact) mass is 285 g/mol. The highest BCUT2D eigenvalue weighted by Gasteiger charge is 2.37. The van der Waals surface area contributed by atoms with Crippen molar-refractivity contribution in [1.29, 1.82) is 0 Å². The average Bonchev–Trinajstić information content (AvgIpc) is 2.67. The Balaban J connectivity index is 2.88. The average molecular weight is 285 g/mol. The number of nitrogens with zero attached hydrogens (tertiary/aromatic N) is 1. The SMILES string of the molecule is CCc1c(C(=O)O)noc1CO[Si](C)(C)C(C)(C)C. The van der Waals surface area contributed by atoms with Crippen LogP contribution in [-0.4, -0.2) is 24.5 Å². The summed E-state index contributed by atoms with van der Waals surface area (Å²) in [6.45, 7) is 12.9. The van der Waals surface area contributed by atoms with Crippen LogP contribution in [-0.2, 0) is 17.5 Å². The second-order valence-electron chi connectivity index (χ2n) is 6.14. The van der Waals surface area contributed by atoms with Crippen LogP contribution in [0.4, 0.5) is 0 Å². The lowest BCUT2D eigenvalue weighted by molar-refractivity contribution is 0.0684. The molecular weight excluding hydrogens is 262 g/mol. The van der Waals surface area contributed by atoms with Crippen molar-refractivity contribution in [1.82, 2.24) is 5.16 Å². The molecule has 19 heavy (non-hydrogen) atoms. The van der Waals surface area contributed by atoms with Gasteiger partial charge in [0.05, 0.1) is 6.61 Å². The summed E-state index contributed by atoms with van der Waals surface area (Å²) in [5.74, 6) is -0.524. The van der Waals surface area contributed by atoms with Crippen LogP contribution in [0.1, 0.15) is 49.5 Å². The summed E-state index contributed by atoms with van der Waals surface area (Å²) in [6, 6.07) is 0. The first-order valence-electron chi connectivity index (χ1n) is 6.45. The van der Waals surface area contributed by atoms with Gasteiger partial charge in [0, 0.05) is 5.56 Å². The lowest BCUT2D eigenvalue weighted by atomic mass is 10.1. The summed E-state index contributed by atoms with van der Waals surface area (Å²) in [5.41, 5.74) is 0.627. The minimum absolute atomic E-state index is 0.00340. The number of aromatic carboxylic acids is 1. The highest BCUT2D eigenvalue weighted by molar-refractivity contribution is 6.74. The number of rotatable bonds is 5. The molecule has 1 heterocycles. The van der Waals surface area contributed by atoms with Gasteiger partial charge in [-0.1, -0.05) is 32.9 Å². The lowest BCUT2D eigenvalue weighted by Crippen LogP contribution is -2.40. The van der Waals surface area contributed by atoms with E-state index in [-0.39, 0.29) is 10.7 Å². The smallest absolute Gasteiger partial charge is 0.358 e. The minimum atomic E-state index is -1.88. The van der Waals surface area contributed by atoms with Crippen LogP contribution in [0.3, 0.4) is 0 Å². The molecule has 108 valence electrons. The van der Waals surface area contributed by atoms with Crippen molar-refractivity contribution in [3.63, 3.8) is 0 Å². The van der Waals surface area contributed by atoms with Crippen LogP contribution >= 0.6 is 0 Å². The Morgan fingerprint density at radius 1 is 1.42 bits per heavy atom. The number of aromatic nitrogens is 1. The van der Waals surface area contributed by atoms with Gasteiger partial charge in [0.25, 0.3) is 0 Å². The first-order valence-corrected chi connectivity index (χ1v) is 9.35. The molecule has 0 spiro atoms. The maximum atomic E-state index is 11.0. The predicted octanol–water partition coefficient (Wildman–Crippen LogP) is 3.46. The van der Waals surface area contributed by atoms with Gasteiger partial charge in [0.15, 0.2) is 19.8 Å². The van der Waals surface area contributed by atoms with Gasteiger partial charge < -0.3 is 14.1 Å². The lowest BCUT2D eigenvalue weighted by Gasteiger charge is -2.35. The summed E-state index contributed by atoms with van der Waals surface area (Å²) < 4.78 is 11.2. The number of hydrogen-bond acceptors (Lipinski definition) is 4. The molecule has 0 fully saturated rings. The Morgan fingerprint density at radius 3 is 2.42 bits per heavy atom. The normalized spacial score (nSPS) is 12.7. The molecule has 5 nitrogen and oxygen atoms in total. The summed E-state index contributed by atoms with van der Waals surface area (Å²) in [5, 5.41) is 12.7. The highest BCUT2D eigenvalue weighted by Crippen LogP contribution is 2.37. The third kappa shape index (κ3) is 3.45. The van der Waals surface area contributed by atoms with E-state index in [9.17, 15) is 4.79 Å². The molecule has 0 saturated heterocycles. The highest BCUT2D eigenvalue weighted by atomic mass is 28.4. The largest absolute Gasteiger partial charge is 0.476 e. The van der Waals surface area contributed by atoms with Crippen molar-refractivity contribution >= 4 is 14.3 Å². The van der Waals surface area contributed by atoms with Crippen LogP contribution in [0, 0.1) is 0 Å². The van der Waals surface area contributed by atoms with Gasteiger partial charge in [-0.05, 0) is 24.6 Å². The first kappa shape index (κ1) is 15.9. The Kier molecular flexibility index (Phi) is 4.57.